The molecule has 1 aliphatic rings. The number of aromatic nitrogens is 1. The molecule has 0 aliphatic carbocycles. The zero-order valence-electron chi connectivity index (χ0n) is 20.5. The number of likely N-dealkylation sites (N-methyl/N-ethyl adjacent to an activating group) is 1. The highest BCUT2D eigenvalue weighted by atomic mass is 19.4. The van der Waals surface area contributed by atoms with Crippen LogP contribution >= 0.6 is 0 Å². The predicted octanol–water partition coefficient (Wildman–Crippen LogP) is 4.29. The van der Waals surface area contributed by atoms with E-state index in [1.54, 1.807) is 6.07 Å². The summed E-state index contributed by atoms with van der Waals surface area (Å²) in [5.74, 6) is -0.334. The summed E-state index contributed by atoms with van der Waals surface area (Å²) in [7, 11) is 2.84. The van der Waals surface area contributed by atoms with E-state index in [2.05, 4.69) is 20.9 Å². The van der Waals surface area contributed by atoms with E-state index >= 15 is 0 Å². The second-order valence-corrected chi connectivity index (χ2v) is 8.26. The Bertz CT molecular complexity index is 1440. The number of benzene rings is 2. The van der Waals surface area contributed by atoms with Gasteiger partial charge in [-0.2, -0.15) is 13.2 Å². The lowest BCUT2D eigenvalue weighted by molar-refractivity contribution is -0.137. The van der Waals surface area contributed by atoms with Crippen LogP contribution < -0.4 is 25.6 Å². The molecular weight excluding hydrogens is 521 g/mol. The Morgan fingerprint density at radius 3 is 2.31 bits per heavy atom. The van der Waals surface area contributed by atoms with Crippen molar-refractivity contribution in [1.29, 1.82) is 0 Å². The Labute approximate surface area is 219 Å². The molecule has 1 saturated heterocycles. The number of pyridine rings is 1. The number of nitrogens with one attached hydrogen (secondary N) is 3. The van der Waals surface area contributed by atoms with Crippen LogP contribution in [0.3, 0.4) is 0 Å². The summed E-state index contributed by atoms with van der Waals surface area (Å²) in [5, 5.41) is 7.22. The van der Waals surface area contributed by atoms with Crippen molar-refractivity contribution in [2.24, 2.45) is 0 Å². The van der Waals surface area contributed by atoms with Crippen LogP contribution in [0.4, 0.5) is 39.8 Å². The number of urea groups is 2. The Balaban J connectivity index is 1.49. The van der Waals surface area contributed by atoms with Crippen LogP contribution in [0.15, 0.2) is 60.8 Å². The summed E-state index contributed by atoms with van der Waals surface area (Å²) in [5.41, 5.74) is -1.24. The molecule has 3 aromatic rings. The molecule has 0 bridgehead atoms. The number of rotatable bonds is 6. The zero-order chi connectivity index (χ0) is 28.3. The number of hydrogen-bond donors (Lipinski definition) is 3. The number of hydrogen-bond acceptors (Lipinski definition) is 6. The third kappa shape index (κ3) is 6.06. The van der Waals surface area contributed by atoms with Crippen molar-refractivity contribution in [3.05, 3.63) is 72.1 Å². The topological polar surface area (TPSA) is 133 Å². The van der Waals surface area contributed by atoms with Crippen LogP contribution in [0.1, 0.15) is 16.1 Å². The lowest BCUT2D eigenvalue weighted by atomic mass is 10.1. The van der Waals surface area contributed by atoms with E-state index in [4.69, 9.17) is 4.74 Å². The standard InChI is InChI=1S/C25H21F3N6O5/c1-29-22(36)19-12-17(9-10-30-19)39-16-6-4-15(5-7-16)31-23(37)32-18-11-14(25(26,27)28)3-8-20(18)34-21(35)13-33(2)24(34)38/h3-12H,13H2,1-2H3,(H,29,36)(H2,31,32,37). The highest BCUT2D eigenvalue weighted by molar-refractivity contribution is 6.21. The number of imide groups is 1. The van der Waals surface area contributed by atoms with Crippen molar-refractivity contribution in [3.63, 3.8) is 0 Å². The van der Waals surface area contributed by atoms with Gasteiger partial charge in [-0.25, -0.2) is 14.5 Å². The molecule has 0 radical (unpaired) electrons. The molecule has 0 saturated carbocycles. The minimum absolute atomic E-state index is 0.155. The molecule has 2 aromatic carbocycles. The SMILES string of the molecule is CNC(=O)c1cc(Oc2ccc(NC(=O)Nc3cc(C(F)(F)F)ccc3N3C(=O)CN(C)C3=O)cc2)ccn1. The average Bonchev–Trinajstić information content (AvgIpc) is 3.15. The Hall–Kier alpha value is -5.14. The van der Waals surface area contributed by atoms with Gasteiger partial charge < -0.3 is 25.6 Å². The molecule has 0 atom stereocenters. The molecule has 0 spiro atoms. The lowest BCUT2D eigenvalue weighted by Crippen LogP contribution is -2.33. The molecule has 202 valence electrons. The highest BCUT2D eigenvalue weighted by Gasteiger charge is 2.38. The van der Waals surface area contributed by atoms with Crippen molar-refractivity contribution in [2.45, 2.75) is 6.18 Å². The molecule has 11 nitrogen and oxygen atoms in total. The van der Waals surface area contributed by atoms with Crippen LogP contribution in [0, 0.1) is 0 Å². The fourth-order valence-electron chi connectivity index (χ4n) is 3.62. The van der Waals surface area contributed by atoms with Gasteiger partial charge in [0.2, 0.25) is 0 Å². The van der Waals surface area contributed by atoms with Gasteiger partial charge in [0, 0.05) is 32.0 Å². The van der Waals surface area contributed by atoms with E-state index in [1.165, 1.54) is 50.6 Å². The van der Waals surface area contributed by atoms with Crippen LogP contribution in [0.5, 0.6) is 11.5 Å². The van der Waals surface area contributed by atoms with Gasteiger partial charge in [0.25, 0.3) is 11.8 Å². The van der Waals surface area contributed by atoms with Crippen molar-refractivity contribution in [2.75, 3.05) is 36.2 Å². The van der Waals surface area contributed by atoms with Crippen LogP contribution in [0.25, 0.3) is 0 Å². The average molecular weight is 542 g/mol. The number of alkyl halides is 3. The van der Waals surface area contributed by atoms with Gasteiger partial charge in [-0.15, -0.1) is 0 Å². The minimum atomic E-state index is -4.73. The predicted molar refractivity (Wildman–Crippen MR) is 134 cm³/mol. The van der Waals surface area contributed by atoms with Gasteiger partial charge in [0.15, 0.2) is 0 Å². The number of halogens is 3. The molecule has 2 heterocycles. The summed E-state index contributed by atoms with van der Waals surface area (Å²) < 4.78 is 45.7. The Morgan fingerprint density at radius 2 is 1.69 bits per heavy atom. The van der Waals surface area contributed by atoms with Gasteiger partial charge in [-0.1, -0.05) is 0 Å². The van der Waals surface area contributed by atoms with Gasteiger partial charge in [-0.05, 0) is 48.5 Å². The van der Waals surface area contributed by atoms with Gasteiger partial charge in [-0.3, -0.25) is 14.6 Å². The summed E-state index contributed by atoms with van der Waals surface area (Å²) in [4.78, 5) is 54.9. The van der Waals surface area contributed by atoms with Crippen LogP contribution in [-0.4, -0.2) is 54.4 Å². The number of anilines is 3. The van der Waals surface area contributed by atoms with E-state index in [0.717, 1.165) is 17.0 Å². The third-order valence-electron chi connectivity index (χ3n) is 5.49. The van der Waals surface area contributed by atoms with E-state index < -0.39 is 29.7 Å². The molecule has 3 N–H and O–H groups in total. The number of carbonyl (C=O) groups excluding carboxylic acids is 4. The van der Waals surface area contributed by atoms with Crippen molar-refractivity contribution < 1.29 is 37.1 Å². The van der Waals surface area contributed by atoms with E-state index in [-0.39, 0.29) is 35.2 Å². The first-order valence-electron chi connectivity index (χ1n) is 11.3. The number of nitrogens with zero attached hydrogens (tertiary/aromatic N) is 3. The summed E-state index contributed by atoms with van der Waals surface area (Å²) in [6.45, 7) is -0.257. The molecule has 1 aliphatic heterocycles. The molecular formula is C25H21F3N6O5. The first kappa shape index (κ1) is 26.9. The highest BCUT2D eigenvalue weighted by Crippen LogP contribution is 2.37. The first-order valence-corrected chi connectivity index (χ1v) is 11.3. The van der Waals surface area contributed by atoms with Crippen LogP contribution in [-0.2, 0) is 11.0 Å². The monoisotopic (exact) mass is 542 g/mol. The smallest absolute Gasteiger partial charge is 0.416 e. The second-order valence-electron chi connectivity index (χ2n) is 8.26. The molecule has 0 unspecified atom stereocenters. The van der Waals surface area contributed by atoms with Gasteiger partial charge in [0.1, 0.15) is 23.7 Å². The number of amides is 6. The second kappa shape index (κ2) is 10.7. The largest absolute Gasteiger partial charge is 0.457 e. The number of carbonyl (C=O) groups is 4. The van der Waals surface area contributed by atoms with Crippen molar-refractivity contribution in [3.8, 4) is 11.5 Å². The third-order valence-corrected chi connectivity index (χ3v) is 5.49. The fraction of sp³-hybridized carbons (Fsp3) is 0.160. The van der Waals surface area contributed by atoms with E-state index in [0.29, 0.717) is 22.5 Å². The maximum atomic E-state index is 13.3. The number of ether oxygens (including phenoxy) is 1. The maximum absolute atomic E-state index is 13.3. The lowest BCUT2D eigenvalue weighted by Gasteiger charge is -2.20. The first-order chi connectivity index (χ1) is 18.5. The van der Waals surface area contributed by atoms with Crippen molar-refractivity contribution >= 4 is 40.9 Å². The Kier molecular flexibility index (Phi) is 7.38. The normalized spacial score (nSPS) is 13.4. The molecule has 6 amide bonds. The molecule has 39 heavy (non-hydrogen) atoms. The maximum Gasteiger partial charge on any atom is 0.416 e. The Morgan fingerprint density at radius 1 is 0.974 bits per heavy atom. The van der Waals surface area contributed by atoms with Gasteiger partial charge >= 0.3 is 18.2 Å². The molecule has 1 aromatic heterocycles. The fourth-order valence-corrected chi connectivity index (χ4v) is 3.62. The zero-order valence-corrected chi connectivity index (χ0v) is 20.5. The minimum Gasteiger partial charge on any atom is -0.457 e. The van der Waals surface area contributed by atoms with Crippen molar-refractivity contribution in [1.82, 2.24) is 15.2 Å². The molecule has 14 heteroatoms. The van der Waals surface area contributed by atoms with E-state index in [9.17, 15) is 32.3 Å². The van der Waals surface area contributed by atoms with Crippen LogP contribution in [0.2, 0.25) is 0 Å². The summed E-state index contributed by atoms with van der Waals surface area (Å²) in [6.07, 6.45) is -3.32. The molecule has 1 fully saturated rings. The quantitative estimate of drug-likeness (QED) is 0.398. The molecule has 4 rings (SSSR count). The van der Waals surface area contributed by atoms with Gasteiger partial charge in [0.05, 0.1) is 16.9 Å². The summed E-state index contributed by atoms with van der Waals surface area (Å²) in [6, 6.07) is 9.64. The summed E-state index contributed by atoms with van der Waals surface area (Å²) >= 11 is 0. The van der Waals surface area contributed by atoms with E-state index in [1.807, 2.05) is 0 Å².